The number of aliphatic hydroxyl groups is 1. The van der Waals surface area contributed by atoms with Crippen LogP contribution < -0.4 is 0 Å². The fourth-order valence-corrected chi connectivity index (χ4v) is 4.22. The van der Waals surface area contributed by atoms with Gasteiger partial charge in [-0.3, -0.25) is 4.90 Å². The van der Waals surface area contributed by atoms with Gasteiger partial charge in [0.1, 0.15) is 0 Å². The molecule has 140 valence electrons. The van der Waals surface area contributed by atoms with Crippen LogP contribution in [0.1, 0.15) is 23.1 Å². The van der Waals surface area contributed by atoms with E-state index in [1.165, 1.54) is 0 Å². The molecule has 2 aromatic carbocycles. The van der Waals surface area contributed by atoms with Gasteiger partial charge in [0, 0.05) is 27.1 Å². The standard InChI is InChI=1S/C19H16Cl3N3O2/c1-25(18-14-6-12(21)7-15(22)13(14)8-16(18)26)9-17-23-19(24-27-17)10-2-4-11(20)5-3-10/h2-7,16,18,26H,8-9H2,1H3/t16-,18-/m0/s1. The van der Waals surface area contributed by atoms with Gasteiger partial charge in [-0.25, -0.2) is 0 Å². The van der Waals surface area contributed by atoms with Crippen LogP contribution in [0.2, 0.25) is 15.1 Å². The third-order valence-electron chi connectivity index (χ3n) is 4.72. The van der Waals surface area contributed by atoms with E-state index in [0.29, 0.717) is 39.7 Å². The summed E-state index contributed by atoms with van der Waals surface area (Å²) in [6, 6.07) is 10.5. The zero-order valence-corrected chi connectivity index (χ0v) is 16.6. The molecule has 0 bridgehead atoms. The zero-order chi connectivity index (χ0) is 19.1. The monoisotopic (exact) mass is 423 g/mol. The summed E-state index contributed by atoms with van der Waals surface area (Å²) in [7, 11) is 1.89. The maximum absolute atomic E-state index is 10.6. The Hall–Kier alpha value is -1.63. The summed E-state index contributed by atoms with van der Waals surface area (Å²) in [5, 5.41) is 16.4. The first-order valence-corrected chi connectivity index (χ1v) is 9.50. The summed E-state index contributed by atoms with van der Waals surface area (Å²) >= 11 is 18.4. The Labute approximate surface area is 171 Å². The number of aliphatic hydroxyl groups excluding tert-OH is 1. The molecule has 5 nitrogen and oxygen atoms in total. The first-order valence-electron chi connectivity index (χ1n) is 8.37. The molecule has 0 unspecified atom stereocenters. The number of rotatable bonds is 4. The first kappa shape index (κ1) is 18.7. The number of benzene rings is 2. The summed E-state index contributed by atoms with van der Waals surface area (Å²) in [6.07, 6.45) is -0.0974. The molecule has 3 aromatic rings. The van der Waals surface area contributed by atoms with Crippen LogP contribution in [-0.2, 0) is 13.0 Å². The van der Waals surface area contributed by atoms with Crippen molar-refractivity contribution in [1.82, 2.24) is 15.0 Å². The molecule has 4 rings (SSSR count). The number of halogens is 3. The fourth-order valence-electron chi connectivity index (χ4n) is 3.51. The summed E-state index contributed by atoms with van der Waals surface area (Å²) in [5.41, 5.74) is 2.68. The normalized spacial score (nSPS) is 18.9. The number of likely N-dealkylation sites (N-methyl/N-ethyl adjacent to an activating group) is 1. The first-order chi connectivity index (χ1) is 12.9. The van der Waals surface area contributed by atoms with E-state index >= 15 is 0 Å². The number of fused-ring (bicyclic) bond motifs is 1. The molecule has 1 N–H and O–H groups in total. The predicted molar refractivity (Wildman–Crippen MR) is 105 cm³/mol. The van der Waals surface area contributed by atoms with Gasteiger partial charge in [-0.2, -0.15) is 4.98 Å². The quantitative estimate of drug-likeness (QED) is 0.652. The molecule has 1 aromatic heterocycles. The lowest BCUT2D eigenvalue weighted by Crippen LogP contribution is -2.30. The average Bonchev–Trinajstić information content (AvgIpc) is 3.19. The van der Waals surface area contributed by atoms with Gasteiger partial charge in [-0.1, -0.05) is 40.0 Å². The zero-order valence-electron chi connectivity index (χ0n) is 14.4. The Morgan fingerprint density at radius 3 is 2.63 bits per heavy atom. The topological polar surface area (TPSA) is 62.4 Å². The van der Waals surface area contributed by atoms with E-state index in [0.717, 1.165) is 16.7 Å². The molecular weight excluding hydrogens is 409 g/mol. The van der Waals surface area contributed by atoms with E-state index in [2.05, 4.69) is 10.1 Å². The van der Waals surface area contributed by atoms with E-state index in [-0.39, 0.29) is 6.04 Å². The molecule has 27 heavy (non-hydrogen) atoms. The highest BCUT2D eigenvalue weighted by atomic mass is 35.5. The minimum absolute atomic E-state index is 0.248. The van der Waals surface area contributed by atoms with Gasteiger partial charge in [0.25, 0.3) is 0 Å². The van der Waals surface area contributed by atoms with Crippen LogP contribution in [0.25, 0.3) is 11.4 Å². The molecule has 1 aliphatic rings. The molecule has 8 heteroatoms. The summed E-state index contributed by atoms with van der Waals surface area (Å²) in [6.45, 7) is 0.381. The average molecular weight is 425 g/mol. The lowest BCUT2D eigenvalue weighted by Gasteiger charge is -2.26. The van der Waals surface area contributed by atoms with Crippen LogP contribution in [0.5, 0.6) is 0 Å². The lowest BCUT2D eigenvalue weighted by atomic mass is 10.1. The molecule has 1 heterocycles. The summed E-state index contributed by atoms with van der Waals surface area (Å²) in [4.78, 5) is 6.40. The van der Waals surface area contributed by atoms with E-state index in [4.69, 9.17) is 39.3 Å². The molecule has 0 saturated heterocycles. The second-order valence-electron chi connectivity index (χ2n) is 6.61. The second-order valence-corrected chi connectivity index (χ2v) is 7.89. The fraction of sp³-hybridized carbons (Fsp3) is 0.263. The molecule has 0 amide bonds. The maximum atomic E-state index is 10.6. The van der Waals surface area contributed by atoms with Crippen molar-refractivity contribution < 1.29 is 9.63 Å². The van der Waals surface area contributed by atoms with Gasteiger partial charge in [0.15, 0.2) is 0 Å². The molecule has 0 aliphatic heterocycles. The molecule has 0 spiro atoms. The number of hydrogen-bond acceptors (Lipinski definition) is 5. The van der Waals surface area contributed by atoms with E-state index < -0.39 is 6.10 Å². The Kier molecular flexibility index (Phi) is 5.14. The molecule has 1 aliphatic carbocycles. The van der Waals surface area contributed by atoms with Crippen LogP contribution in [0.15, 0.2) is 40.9 Å². The van der Waals surface area contributed by atoms with Gasteiger partial charge in [-0.15, -0.1) is 0 Å². The van der Waals surface area contributed by atoms with Crippen LogP contribution in [0, 0.1) is 0 Å². The summed E-state index contributed by atoms with van der Waals surface area (Å²) < 4.78 is 5.38. The predicted octanol–water partition coefficient (Wildman–Crippen LogP) is 4.79. The molecular formula is C19H16Cl3N3O2. The SMILES string of the molecule is CN(Cc1nc(-c2ccc(Cl)cc2)no1)[C@H]1c2cc(Cl)cc(Cl)c2C[C@@H]1O. The minimum Gasteiger partial charge on any atom is -0.391 e. The Morgan fingerprint density at radius 1 is 1.15 bits per heavy atom. The number of aromatic nitrogens is 2. The third kappa shape index (κ3) is 3.71. The van der Waals surface area contributed by atoms with Crippen molar-refractivity contribution in [1.29, 1.82) is 0 Å². The minimum atomic E-state index is -0.584. The van der Waals surface area contributed by atoms with Gasteiger partial charge < -0.3 is 9.63 Å². The highest BCUT2D eigenvalue weighted by Gasteiger charge is 2.36. The van der Waals surface area contributed by atoms with Gasteiger partial charge in [-0.05, 0) is 54.6 Å². The van der Waals surface area contributed by atoms with Crippen molar-refractivity contribution in [2.75, 3.05) is 7.05 Å². The van der Waals surface area contributed by atoms with Crippen molar-refractivity contribution in [2.24, 2.45) is 0 Å². The van der Waals surface area contributed by atoms with Crippen LogP contribution in [0.4, 0.5) is 0 Å². The van der Waals surface area contributed by atoms with E-state index in [1.54, 1.807) is 18.2 Å². The molecule has 0 saturated carbocycles. The molecule has 2 atom stereocenters. The highest BCUT2D eigenvalue weighted by Crippen LogP contribution is 2.41. The number of hydrogen-bond donors (Lipinski definition) is 1. The van der Waals surface area contributed by atoms with E-state index in [1.807, 2.05) is 30.1 Å². The Balaban J connectivity index is 1.55. The smallest absolute Gasteiger partial charge is 0.241 e. The maximum Gasteiger partial charge on any atom is 0.241 e. The Morgan fingerprint density at radius 2 is 1.89 bits per heavy atom. The third-order valence-corrected chi connectivity index (χ3v) is 5.53. The van der Waals surface area contributed by atoms with Crippen molar-refractivity contribution in [2.45, 2.75) is 25.1 Å². The lowest BCUT2D eigenvalue weighted by molar-refractivity contribution is 0.0667. The van der Waals surface area contributed by atoms with Crippen LogP contribution in [0.3, 0.4) is 0 Å². The van der Waals surface area contributed by atoms with Gasteiger partial charge in [0.2, 0.25) is 11.7 Å². The van der Waals surface area contributed by atoms with Crippen molar-refractivity contribution in [3.8, 4) is 11.4 Å². The summed E-state index contributed by atoms with van der Waals surface area (Å²) in [5.74, 6) is 0.949. The van der Waals surface area contributed by atoms with E-state index in [9.17, 15) is 5.11 Å². The molecule has 0 radical (unpaired) electrons. The van der Waals surface area contributed by atoms with Gasteiger partial charge >= 0.3 is 0 Å². The second kappa shape index (κ2) is 7.41. The van der Waals surface area contributed by atoms with Crippen molar-refractivity contribution >= 4 is 34.8 Å². The largest absolute Gasteiger partial charge is 0.391 e. The highest BCUT2D eigenvalue weighted by molar-refractivity contribution is 6.35. The van der Waals surface area contributed by atoms with Crippen molar-refractivity contribution in [3.05, 3.63) is 68.5 Å². The van der Waals surface area contributed by atoms with Crippen LogP contribution >= 0.6 is 34.8 Å². The molecule has 0 fully saturated rings. The van der Waals surface area contributed by atoms with Crippen LogP contribution in [-0.4, -0.2) is 33.3 Å². The van der Waals surface area contributed by atoms with Gasteiger partial charge in [0.05, 0.1) is 18.7 Å². The van der Waals surface area contributed by atoms with Crippen molar-refractivity contribution in [3.63, 3.8) is 0 Å². The number of nitrogens with zero attached hydrogens (tertiary/aromatic N) is 3. The Bertz CT molecular complexity index is 975.